The summed E-state index contributed by atoms with van der Waals surface area (Å²) in [5.41, 5.74) is 3.65. The lowest BCUT2D eigenvalue weighted by atomic mass is 9.67. The minimum atomic E-state index is -0.913. The third kappa shape index (κ3) is 5.35. The van der Waals surface area contributed by atoms with Crippen LogP contribution in [0.5, 0.6) is 5.75 Å². The molecular weight excluding hydrogens is 526 g/mol. The average Bonchev–Trinajstić information content (AvgIpc) is 3.08. The number of anilines is 1. The van der Waals surface area contributed by atoms with E-state index in [0.29, 0.717) is 29.9 Å². The van der Waals surface area contributed by atoms with Gasteiger partial charge in [-0.3, -0.25) is 0 Å². The highest BCUT2D eigenvalue weighted by molar-refractivity contribution is 6.30. The van der Waals surface area contributed by atoms with Crippen LogP contribution in [0.4, 0.5) is 5.69 Å². The molecule has 4 aliphatic rings. The number of carboxylic acid groups (broad SMARTS) is 1. The van der Waals surface area contributed by atoms with Gasteiger partial charge in [0.05, 0.1) is 36.7 Å². The number of hydrogen-bond acceptors (Lipinski definition) is 5. The zero-order valence-electron chi connectivity index (χ0n) is 23.7. The molecule has 7 heteroatoms. The van der Waals surface area contributed by atoms with Crippen molar-refractivity contribution < 1.29 is 24.1 Å². The summed E-state index contributed by atoms with van der Waals surface area (Å²) >= 11 is 6.40. The number of halogens is 1. The summed E-state index contributed by atoms with van der Waals surface area (Å²) in [4.78, 5) is 14.4. The Morgan fingerprint density at radius 3 is 2.88 bits per heavy atom. The van der Waals surface area contributed by atoms with Crippen molar-refractivity contribution in [3.63, 3.8) is 0 Å². The summed E-state index contributed by atoms with van der Waals surface area (Å²) in [6, 6.07) is 11.6. The van der Waals surface area contributed by atoms with E-state index in [-0.39, 0.29) is 17.6 Å². The summed E-state index contributed by atoms with van der Waals surface area (Å²) in [5, 5.41) is 10.6. The summed E-state index contributed by atoms with van der Waals surface area (Å²) in [6.07, 6.45) is 7.95. The maximum Gasteiger partial charge on any atom is 0.335 e. The van der Waals surface area contributed by atoms with Gasteiger partial charge in [-0.05, 0) is 91.8 Å². The Kier molecular flexibility index (Phi) is 8.04. The molecule has 0 aromatic heterocycles. The fraction of sp³-hybridized carbons (Fsp3) is 0.606. The fourth-order valence-electron chi connectivity index (χ4n) is 7.55. The van der Waals surface area contributed by atoms with Gasteiger partial charge in [-0.2, -0.15) is 0 Å². The number of aryl methyl sites for hydroxylation is 1. The van der Waals surface area contributed by atoms with Crippen LogP contribution in [-0.2, 0) is 21.3 Å². The fourth-order valence-corrected chi connectivity index (χ4v) is 7.75. The van der Waals surface area contributed by atoms with Gasteiger partial charge in [-0.1, -0.05) is 31.5 Å². The van der Waals surface area contributed by atoms with Gasteiger partial charge in [-0.15, -0.1) is 0 Å². The Balaban J connectivity index is 1.29. The second kappa shape index (κ2) is 11.5. The molecule has 2 aromatic carbocycles. The van der Waals surface area contributed by atoms with Crippen LogP contribution >= 0.6 is 11.6 Å². The summed E-state index contributed by atoms with van der Waals surface area (Å²) in [5.74, 6) is 1.25. The number of carbonyl (C=O) groups is 1. The molecule has 1 saturated heterocycles. The number of aromatic carboxylic acids is 1. The molecule has 6 rings (SSSR count). The van der Waals surface area contributed by atoms with E-state index in [1.807, 2.05) is 18.2 Å². The second-order valence-electron chi connectivity index (χ2n) is 12.6. The van der Waals surface area contributed by atoms with Gasteiger partial charge in [0.15, 0.2) is 0 Å². The van der Waals surface area contributed by atoms with Gasteiger partial charge >= 0.3 is 5.97 Å². The molecule has 0 radical (unpaired) electrons. The zero-order chi connectivity index (χ0) is 27.9. The van der Waals surface area contributed by atoms with E-state index in [1.54, 1.807) is 6.07 Å². The van der Waals surface area contributed by atoms with E-state index in [9.17, 15) is 9.90 Å². The quantitative estimate of drug-likeness (QED) is 0.399. The van der Waals surface area contributed by atoms with Crippen LogP contribution in [-0.4, -0.2) is 56.2 Å². The summed E-state index contributed by atoms with van der Waals surface area (Å²) in [6.45, 7) is 8.20. The van der Waals surface area contributed by atoms with Crippen LogP contribution in [0.15, 0.2) is 36.4 Å². The van der Waals surface area contributed by atoms with Gasteiger partial charge in [0.2, 0.25) is 0 Å². The van der Waals surface area contributed by atoms with Gasteiger partial charge in [0.25, 0.3) is 0 Å². The summed E-state index contributed by atoms with van der Waals surface area (Å²) < 4.78 is 19.2. The van der Waals surface area contributed by atoms with E-state index in [2.05, 4.69) is 30.9 Å². The van der Waals surface area contributed by atoms with E-state index in [4.69, 9.17) is 25.8 Å². The molecule has 2 aliphatic carbocycles. The highest BCUT2D eigenvalue weighted by Gasteiger charge is 2.46. The predicted octanol–water partition coefficient (Wildman–Crippen LogP) is 6.76. The number of ether oxygens (including phenoxy) is 3. The van der Waals surface area contributed by atoms with Gasteiger partial charge in [0.1, 0.15) is 5.75 Å². The van der Waals surface area contributed by atoms with E-state index in [1.165, 1.54) is 17.5 Å². The minimum Gasteiger partial charge on any atom is -0.490 e. The minimum absolute atomic E-state index is 0.171. The first-order valence-electron chi connectivity index (χ1n) is 15.1. The highest BCUT2D eigenvalue weighted by Crippen LogP contribution is 2.47. The van der Waals surface area contributed by atoms with Crippen molar-refractivity contribution in [2.24, 2.45) is 17.8 Å². The van der Waals surface area contributed by atoms with Crippen LogP contribution in [0.25, 0.3) is 0 Å². The predicted molar refractivity (Wildman–Crippen MR) is 157 cm³/mol. The van der Waals surface area contributed by atoms with Crippen molar-refractivity contribution in [1.82, 2.24) is 0 Å². The molecule has 1 saturated carbocycles. The Labute approximate surface area is 242 Å². The smallest absolute Gasteiger partial charge is 0.335 e. The molecule has 0 bridgehead atoms. The molecule has 2 aromatic rings. The first-order chi connectivity index (χ1) is 19.4. The third-order valence-corrected chi connectivity index (χ3v) is 10.1. The third-order valence-electron chi connectivity index (χ3n) is 9.90. The van der Waals surface area contributed by atoms with Crippen LogP contribution in [0.1, 0.15) is 73.9 Å². The first-order valence-corrected chi connectivity index (χ1v) is 15.5. The molecule has 6 atom stereocenters. The van der Waals surface area contributed by atoms with Crippen molar-refractivity contribution in [3.05, 3.63) is 58.1 Å². The standard InChI is InChI=1S/C33H42ClNO5/c1-3-13-38-30-16-31(39-18-21(30)2)26-9-6-24(26)17-35-19-33(12-4-5-22-14-25(34)8-10-27(22)33)20-40-29-11-7-23(32(36)37)15-28(29)35/h7-8,10-11,14-15,21,24,26,30-31H,3-6,9,12-13,16-20H2,1-2H3,(H,36,37)/t21-,24-,26+,30-,31-,33-/m0/s1. The zero-order valence-corrected chi connectivity index (χ0v) is 24.5. The van der Waals surface area contributed by atoms with E-state index < -0.39 is 5.97 Å². The van der Waals surface area contributed by atoms with E-state index in [0.717, 1.165) is 81.3 Å². The monoisotopic (exact) mass is 567 g/mol. The first kappa shape index (κ1) is 27.9. The molecule has 6 nitrogen and oxygen atoms in total. The lowest BCUT2D eigenvalue weighted by Crippen LogP contribution is -2.51. The lowest BCUT2D eigenvalue weighted by molar-refractivity contribution is -0.141. The molecule has 2 fully saturated rings. The Morgan fingerprint density at radius 1 is 1.23 bits per heavy atom. The normalized spacial score (nSPS) is 31.5. The average molecular weight is 568 g/mol. The number of benzene rings is 2. The highest BCUT2D eigenvalue weighted by atomic mass is 35.5. The SMILES string of the molecule is CCCO[C@H]1C[C@@H]([C@@H]2CC[C@H]2CN2C[C@@]3(CCCc4cc(Cl)ccc43)COc3ccc(C(=O)O)cc32)OC[C@@H]1C. The van der Waals surface area contributed by atoms with Crippen molar-refractivity contribution in [2.45, 2.75) is 76.4 Å². The number of fused-ring (bicyclic) bond motifs is 3. The molecule has 0 unspecified atom stereocenters. The Hall–Kier alpha value is -2.28. The Bertz CT molecular complexity index is 1240. The lowest BCUT2D eigenvalue weighted by Gasteiger charge is -2.48. The molecular formula is C33H42ClNO5. The maximum absolute atomic E-state index is 12.0. The van der Waals surface area contributed by atoms with Crippen molar-refractivity contribution in [3.8, 4) is 5.75 Å². The number of rotatable bonds is 7. The van der Waals surface area contributed by atoms with Crippen LogP contribution in [0.3, 0.4) is 0 Å². The van der Waals surface area contributed by atoms with Crippen molar-refractivity contribution in [1.29, 1.82) is 0 Å². The van der Waals surface area contributed by atoms with Gasteiger partial charge in [0, 0.05) is 42.5 Å². The van der Waals surface area contributed by atoms with Crippen LogP contribution in [0.2, 0.25) is 5.02 Å². The number of nitrogens with zero attached hydrogens (tertiary/aromatic N) is 1. The molecule has 216 valence electrons. The largest absolute Gasteiger partial charge is 0.490 e. The summed E-state index contributed by atoms with van der Waals surface area (Å²) in [7, 11) is 0. The number of hydrogen-bond donors (Lipinski definition) is 1. The molecule has 0 amide bonds. The van der Waals surface area contributed by atoms with Crippen LogP contribution in [0, 0.1) is 17.8 Å². The van der Waals surface area contributed by atoms with Crippen LogP contribution < -0.4 is 9.64 Å². The second-order valence-corrected chi connectivity index (χ2v) is 13.0. The topological polar surface area (TPSA) is 68.2 Å². The molecule has 40 heavy (non-hydrogen) atoms. The number of carboxylic acids is 1. The van der Waals surface area contributed by atoms with Gasteiger partial charge < -0.3 is 24.2 Å². The van der Waals surface area contributed by atoms with E-state index >= 15 is 0 Å². The molecule has 2 heterocycles. The molecule has 1 N–H and O–H groups in total. The maximum atomic E-state index is 12.0. The van der Waals surface area contributed by atoms with Crippen molar-refractivity contribution in [2.75, 3.05) is 37.8 Å². The van der Waals surface area contributed by atoms with Crippen molar-refractivity contribution >= 4 is 23.3 Å². The van der Waals surface area contributed by atoms with Gasteiger partial charge in [-0.25, -0.2) is 4.79 Å². The molecule has 1 spiro atoms. The molecule has 2 aliphatic heterocycles. The Morgan fingerprint density at radius 2 is 2.10 bits per heavy atom.